The molecule has 0 saturated carbocycles. The molecule has 0 aliphatic carbocycles. The molecular formula is C12H15NO7. The topological polar surface area (TPSA) is 122 Å². The number of aliphatic hydroxyl groups excluding tert-OH is 3. The van der Waals surface area contributed by atoms with Crippen LogP contribution in [0.2, 0.25) is 0 Å². The molecule has 8 nitrogen and oxygen atoms in total. The van der Waals surface area contributed by atoms with Crippen molar-refractivity contribution in [2.24, 2.45) is 0 Å². The molecular weight excluding hydrogens is 270 g/mol. The lowest BCUT2D eigenvalue weighted by molar-refractivity contribution is -0.386. The van der Waals surface area contributed by atoms with Crippen LogP contribution in [0.1, 0.15) is 6.42 Å². The minimum Gasteiger partial charge on any atom is -0.480 e. The zero-order chi connectivity index (χ0) is 14.7. The summed E-state index contributed by atoms with van der Waals surface area (Å²) in [6.45, 7) is -0.491. The molecule has 0 bridgehead atoms. The standard InChI is InChI=1S/C12H15NO7/c14-6-10-12(16)9(5-11(15)20-10)19-8-4-2-1-3-7(8)13(17)18/h1-4,9-12,14-16H,5-6H2/t9-,10-,11-,12+/m0/s1. The molecule has 1 fully saturated rings. The summed E-state index contributed by atoms with van der Waals surface area (Å²) in [6.07, 6.45) is -4.35. The van der Waals surface area contributed by atoms with Crippen LogP contribution in [-0.4, -0.2) is 51.5 Å². The van der Waals surface area contributed by atoms with E-state index < -0.39 is 36.1 Å². The normalized spacial score (nSPS) is 29.9. The molecule has 0 spiro atoms. The number of hydrogen-bond acceptors (Lipinski definition) is 7. The quantitative estimate of drug-likeness (QED) is 0.517. The maximum absolute atomic E-state index is 10.9. The van der Waals surface area contributed by atoms with Gasteiger partial charge in [-0.25, -0.2) is 0 Å². The van der Waals surface area contributed by atoms with Crippen molar-refractivity contribution in [3.05, 3.63) is 34.4 Å². The van der Waals surface area contributed by atoms with E-state index in [1.165, 1.54) is 18.2 Å². The van der Waals surface area contributed by atoms with Crippen LogP contribution in [-0.2, 0) is 4.74 Å². The number of hydrogen-bond donors (Lipinski definition) is 3. The van der Waals surface area contributed by atoms with Crippen molar-refractivity contribution < 1.29 is 29.7 Å². The third-order valence-electron chi connectivity index (χ3n) is 3.05. The van der Waals surface area contributed by atoms with E-state index in [-0.39, 0.29) is 17.9 Å². The van der Waals surface area contributed by atoms with Crippen LogP contribution >= 0.6 is 0 Å². The number of nitro groups is 1. The van der Waals surface area contributed by atoms with Crippen molar-refractivity contribution in [3.8, 4) is 5.75 Å². The van der Waals surface area contributed by atoms with Gasteiger partial charge in [0.05, 0.1) is 11.5 Å². The fraction of sp³-hybridized carbons (Fsp3) is 0.500. The summed E-state index contributed by atoms with van der Waals surface area (Å²) in [5, 5.41) is 39.4. The average Bonchev–Trinajstić information content (AvgIpc) is 2.42. The number of nitrogens with zero attached hydrogens (tertiary/aromatic N) is 1. The number of aliphatic hydroxyl groups is 3. The molecule has 4 atom stereocenters. The summed E-state index contributed by atoms with van der Waals surface area (Å²) in [5.74, 6) is -0.00709. The fourth-order valence-electron chi connectivity index (χ4n) is 2.05. The van der Waals surface area contributed by atoms with Crippen LogP contribution < -0.4 is 4.74 Å². The SMILES string of the molecule is O=[N+]([O-])c1ccccc1O[C@H]1C[C@@H](O)O[C@@H](CO)[C@@H]1O. The minimum absolute atomic E-state index is 0.00709. The van der Waals surface area contributed by atoms with Gasteiger partial charge in [-0.2, -0.15) is 0 Å². The molecule has 110 valence electrons. The summed E-state index contributed by atoms with van der Waals surface area (Å²) in [7, 11) is 0. The maximum atomic E-state index is 10.9. The largest absolute Gasteiger partial charge is 0.480 e. The maximum Gasteiger partial charge on any atom is 0.310 e. The Labute approximate surface area is 114 Å². The number of benzene rings is 1. The van der Waals surface area contributed by atoms with Crippen molar-refractivity contribution in [2.75, 3.05) is 6.61 Å². The highest BCUT2D eigenvalue weighted by molar-refractivity contribution is 5.45. The van der Waals surface area contributed by atoms with Crippen LogP contribution in [0.15, 0.2) is 24.3 Å². The first-order chi connectivity index (χ1) is 9.52. The van der Waals surface area contributed by atoms with Crippen LogP contribution in [0.3, 0.4) is 0 Å². The fourth-order valence-corrected chi connectivity index (χ4v) is 2.05. The molecule has 1 heterocycles. The lowest BCUT2D eigenvalue weighted by atomic mass is 10.0. The predicted octanol–water partition coefficient (Wildman–Crippen LogP) is -0.197. The van der Waals surface area contributed by atoms with E-state index in [4.69, 9.17) is 14.6 Å². The summed E-state index contributed by atoms with van der Waals surface area (Å²) in [5.41, 5.74) is -0.235. The molecule has 0 radical (unpaired) electrons. The van der Waals surface area contributed by atoms with Crippen LogP contribution in [0.4, 0.5) is 5.69 Å². The first kappa shape index (κ1) is 14.7. The Morgan fingerprint density at radius 1 is 1.40 bits per heavy atom. The molecule has 1 saturated heterocycles. The Balaban J connectivity index is 2.18. The third kappa shape index (κ3) is 3.05. The Kier molecular flexibility index (Phi) is 4.50. The van der Waals surface area contributed by atoms with Crippen molar-refractivity contribution in [3.63, 3.8) is 0 Å². The van der Waals surface area contributed by atoms with Crippen LogP contribution in [0.5, 0.6) is 5.75 Å². The third-order valence-corrected chi connectivity index (χ3v) is 3.05. The molecule has 1 aliphatic rings. The predicted molar refractivity (Wildman–Crippen MR) is 66.1 cm³/mol. The number of rotatable bonds is 4. The molecule has 3 N–H and O–H groups in total. The van der Waals surface area contributed by atoms with Crippen molar-refractivity contribution in [1.29, 1.82) is 0 Å². The number of para-hydroxylation sites is 2. The number of ether oxygens (including phenoxy) is 2. The van der Waals surface area contributed by atoms with Gasteiger partial charge in [-0.3, -0.25) is 10.1 Å². The summed E-state index contributed by atoms with van der Waals surface area (Å²) >= 11 is 0. The van der Waals surface area contributed by atoms with E-state index in [9.17, 15) is 20.3 Å². The van der Waals surface area contributed by atoms with Gasteiger partial charge < -0.3 is 24.8 Å². The van der Waals surface area contributed by atoms with E-state index in [1.807, 2.05) is 0 Å². The molecule has 1 aliphatic heterocycles. The highest BCUT2D eigenvalue weighted by Crippen LogP contribution is 2.30. The lowest BCUT2D eigenvalue weighted by Crippen LogP contribution is -2.52. The monoisotopic (exact) mass is 285 g/mol. The van der Waals surface area contributed by atoms with Gasteiger partial charge in [0.25, 0.3) is 0 Å². The molecule has 0 unspecified atom stereocenters. The van der Waals surface area contributed by atoms with Gasteiger partial charge in [-0.05, 0) is 6.07 Å². The highest BCUT2D eigenvalue weighted by Gasteiger charge is 2.39. The molecule has 1 aromatic carbocycles. The zero-order valence-electron chi connectivity index (χ0n) is 10.5. The Hall–Kier alpha value is -1.74. The van der Waals surface area contributed by atoms with E-state index in [2.05, 4.69) is 0 Å². The average molecular weight is 285 g/mol. The second-order valence-electron chi connectivity index (χ2n) is 4.42. The molecule has 2 rings (SSSR count). The van der Waals surface area contributed by atoms with Crippen LogP contribution in [0.25, 0.3) is 0 Å². The second kappa shape index (κ2) is 6.14. The number of nitro benzene ring substituents is 1. The summed E-state index contributed by atoms with van der Waals surface area (Å²) in [4.78, 5) is 10.3. The van der Waals surface area contributed by atoms with Gasteiger partial charge in [-0.15, -0.1) is 0 Å². The minimum atomic E-state index is -1.21. The Morgan fingerprint density at radius 3 is 2.75 bits per heavy atom. The van der Waals surface area contributed by atoms with E-state index in [1.54, 1.807) is 6.07 Å². The molecule has 20 heavy (non-hydrogen) atoms. The highest BCUT2D eigenvalue weighted by atomic mass is 16.6. The van der Waals surface area contributed by atoms with Gasteiger partial charge in [0, 0.05) is 12.5 Å². The van der Waals surface area contributed by atoms with E-state index in [0.29, 0.717) is 0 Å². The molecule has 1 aromatic rings. The molecule has 0 aromatic heterocycles. The van der Waals surface area contributed by atoms with Crippen molar-refractivity contribution >= 4 is 5.69 Å². The summed E-state index contributed by atoms with van der Waals surface area (Å²) in [6, 6.07) is 5.74. The lowest BCUT2D eigenvalue weighted by Gasteiger charge is -2.36. The van der Waals surface area contributed by atoms with Gasteiger partial charge in [0.2, 0.25) is 0 Å². The second-order valence-corrected chi connectivity index (χ2v) is 4.42. The first-order valence-electron chi connectivity index (χ1n) is 6.05. The Bertz CT molecular complexity index is 481. The smallest absolute Gasteiger partial charge is 0.310 e. The van der Waals surface area contributed by atoms with Gasteiger partial charge in [0.1, 0.15) is 18.3 Å². The van der Waals surface area contributed by atoms with Crippen molar-refractivity contribution in [1.82, 2.24) is 0 Å². The zero-order valence-corrected chi connectivity index (χ0v) is 10.5. The molecule has 0 amide bonds. The van der Waals surface area contributed by atoms with E-state index in [0.717, 1.165) is 0 Å². The molecule has 8 heteroatoms. The summed E-state index contributed by atoms with van der Waals surface area (Å²) < 4.78 is 10.4. The van der Waals surface area contributed by atoms with Gasteiger partial charge in [-0.1, -0.05) is 12.1 Å². The van der Waals surface area contributed by atoms with Crippen LogP contribution in [0, 0.1) is 10.1 Å². The Morgan fingerprint density at radius 2 is 2.10 bits per heavy atom. The first-order valence-corrected chi connectivity index (χ1v) is 6.05. The van der Waals surface area contributed by atoms with Gasteiger partial charge >= 0.3 is 5.69 Å². The van der Waals surface area contributed by atoms with Crippen molar-refractivity contribution in [2.45, 2.75) is 31.0 Å². The van der Waals surface area contributed by atoms with E-state index >= 15 is 0 Å². The van der Waals surface area contributed by atoms with Gasteiger partial charge in [0.15, 0.2) is 12.0 Å².